The summed E-state index contributed by atoms with van der Waals surface area (Å²) in [5.41, 5.74) is 3.30. The van der Waals surface area contributed by atoms with Crippen molar-refractivity contribution in [3.05, 3.63) is 29.3 Å². The van der Waals surface area contributed by atoms with Gasteiger partial charge in [-0.3, -0.25) is 4.79 Å². The Balaban J connectivity index is 1.64. The summed E-state index contributed by atoms with van der Waals surface area (Å²) in [6, 6.07) is 6.45. The highest BCUT2D eigenvalue weighted by molar-refractivity contribution is 5.95. The van der Waals surface area contributed by atoms with Crippen LogP contribution >= 0.6 is 0 Å². The first-order valence-electron chi connectivity index (χ1n) is 8.50. The summed E-state index contributed by atoms with van der Waals surface area (Å²) in [5.74, 6) is 0.106. The molecule has 3 rings (SSSR count). The molecule has 2 aliphatic rings. The van der Waals surface area contributed by atoms with Crippen LogP contribution in [0.3, 0.4) is 0 Å². The summed E-state index contributed by atoms with van der Waals surface area (Å²) >= 11 is 0. The number of amides is 1. The van der Waals surface area contributed by atoms with E-state index in [1.165, 1.54) is 43.4 Å². The maximum atomic E-state index is 12.5. The van der Waals surface area contributed by atoms with Crippen molar-refractivity contribution in [2.45, 2.75) is 63.8 Å². The summed E-state index contributed by atoms with van der Waals surface area (Å²) in [5, 5.41) is 6.64. The first-order chi connectivity index (χ1) is 10.3. The zero-order valence-corrected chi connectivity index (χ0v) is 12.8. The number of carbonyl (C=O) groups excluding carboxylic acids is 1. The Morgan fingerprint density at radius 1 is 1.05 bits per heavy atom. The molecule has 3 heteroatoms. The first-order valence-corrected chi connectivity index (χ1v) is 8.50. The monoisotopic (exact) mass is 286 g/mol. The fourth-order valence-electron chi connectivity index (χ4n) is 3.49. The van der Waals surface area contributed by atoms with Crippen LogP contribution in [0.1, 0.15) is 67.3 Å². The average Bonchev–Trinajstić information content (AvgIpc) is 2.49. The van der Waals surface area contributed by atoms with Crippen LogP contribution in [0, 0.1) is 0 Å². The second kappa shape index (κ2) is 6.97. The molecule has 1 amide bonds. The molecular weight excluding hydrogens is 260 g/mol. The van der Waals surface area contributed by atoms with E-state index in [9.17, 15) is 4.79 Å². The van der Waals surface area contributed by atoms with Gasteiger partial charge in [-0.1, -0.05) is 32.1 Å². The molecule has 3 nitrogen and oxygen atoms in total. The Morgan fingerprint density at radius 3 is 2.62 bits per heavy atom. The summed E-state index contributed by atoms with van der Waals surface area (Å²) < 4.78 is 0. The summed E-state index contributed by atoms with van der Waals surface area (Å²) in [6.07, 6.45) is 11.0. The van der Waals surface area contributed by atoms with Gasteiger partial charge in [0.2, 0.25) is 0 Å². The van der Waals surface area contributed by atoms with Crippen molar-refractivity contribution in [1.82, 2.24) is 5.32 Å². The Labute approximate surface area is 127 Å². The number of carbonyl (C=O) groups is 1. The van der Waals surface area contributed by atoms with Crippen molar-refractivity contribution in [2.24, 2.45) is 0 Å². The lowest BCUT2D eigenvalue weighted by Crippen LogP contribution is -2.35. The first kappa shape index (κ1) is 14.4. The van der Waals surface area contributed by atoms with Gasteiger partial charge in [-0.25, -0.2) is 0 Å². The van der Waals surface area contributed by atoms with Gasteiger partial charge in [-0.05, 0) is 49.4 Å². The number of benzene rings is 1. The molecular formula is C18H26N2O. The van der Waals surface area contributed by atoms with E-state index in [2.05, 4.69) is 22.8 Å². The van der Waals surface area contributed by atoms with Crippen molar-refractivity contribution in [2.75, 3.05) is 11.9 Å². The van der Waals surface area contributed by atoms with Crippen LogP contribution < -0.4 is 10.6 Å². The Morgan fingerprint density at radius 2 is 1.81 bits per heavy atom. The second-order valence-electron chi connectivity index (χ2n) is 6.42. The number of rotatable bonds is 2. The maximum Gasteiger partial charge on any atom is 0.251 e. The molecule has 1 saturated carbocycles. The van der Waals surface area contributed by atoms with E-state index in [0.29, 0.717) is 6.04 Å². The van der Waals surface area contributed by atoms with Crippen LogP contribution in [-0.4, -0.2) is 18.5 Å². The van der Waals surface area contributed by atoms with Crippen LogP contribution in [0.15, 0.2) is 18.2 Å². The van der Waals surface area contributed by atoms with E-state index < -0.39 is 0 Å². The number of hydrogen-bond acceptors (Lipinski definition) is 2. The van der Waals surface area contributed by atoms with Gasteiger partial charge in [0.25, 0.3) is 5.91 Å². The molecule has 1 fully saturated rings. The predicted octanol–water partition coefficient (Wildman–Crippen LogP) is 3.89. The van der Waals surface area contributed by atoms with Gasteiger partial charge >= 0.3 is 0 Å². The number of aryl methyl sites for hydroxylation is 1. The molecule has 0 radical (unpaired) electrons. The average molecular weight is 286 g/mol. The number of nitrogens with one attached hydrogen (secondary N) is 2. The molecule has 1 aromatic rings. The lowest BCUT2D eigenvalue weighted by Gasteiger charge is -2.22. The van der Waals surface area contributed by atoms with Crippen LogP contribution in [0.5, 0.6) is 0 Å². The van der Waals surface area contributed by atoms with Gasteiger partial charge < -0.3 is 10.6 Å². The molecule has 2 N–H and O–H groups in total. The van der Waals surface area contributed by atoms with Crippen molar-refractivity contribution in [3.63, 3.8) is 0 Å². The molecule has 0 aromatic heterocycles. The molecule has 1 aromatic carbocycles. The molecule has 0 saturated heterocycles. The molecule has 1 heterocycles. The molecule has 0 spiro atoms. The molecule has 0 atom stereocenters. The molecule has 21 heavy (non-hydrogen) atoms. The summed E-state index contributed by atoms with van der Waals surface area (Å²) in [7, 11) is 0. The van der Waals surface area contributed by atoms with Gasteiger partial charge in [-0.15, -0.1) is 0 Å². The molecule has 0 unspecified atom stereocenters. The lowest BCUT2D eigenvalue weighted by atomic mass is 9.96. The van der Waals surface area contributed by atoms with Crippen LogP contribution in [-0.2, 0) is 6.42 Å². The summed E-state index contributed by atoms with van der Waals surface area (Å²) in [4.78, 5) is 12.5. The van der Waals surface area contributed by atoms with Gasteiger partial charge in [0.15, 0.2) is 0 Å². The molecule has 0 bridgehead atoms. The largest absolute Gasteiger partial charge is 0.385 e. The van der Waals surface area contributed by atoms with Crippen molar-refractivity contribution in [1.29, 1.82) is 0 Å². The topological polar surface area (TPSA) is 41.1 Å². The van der Waals surface area contributed by atoms with E-state index >= 15 is 0 Å². The Kier molecular flexibility index (Phi) is 4.79. The normalized spacial score (nSPS) is 19.8. The SMILES string of the molecule is O=C(NC1CCCCCCC1)c1ccc2c(c1)CCCN2. The molecule has 1 aliphatic heterocycles. The maximum absolute atomic E-state index is 12.5. The number of fused-ring (bicyclic) bond motifs is 1. The third kappa shape index (κ3) is 3.78. The van der Waals surface area contributed by atoms with E-state index in [1.807, 2.05) is 6.07 Å². The number of hydrogen-bond donors (Lipinski definition) is 2. The van der Waals surface area contributed by atoms with Gasteiger partial charge in [0, 0.05) is 23.8 Å². The standard InChI is InChI=1S/C18H26N2O/c21-18(20-16-8-4-2-1-3-5-9-16)15-10-11-17-14(13-15)7-6-12-19-17/h10-11,13,16,19H,1-9,12H2,(H,20,21). The third-order valence-electron chi connectivity index (χ3n) is 4.75. The van der Waals surface area contributed by atoms with Crippen molar-refractivity contribution in [3.8, 4) is 0 Å². The highest BCUT2D eigenvalue weighted by atomic mass is 16.1. The van der Waals surface area contributed by atoms with E-state index in [0.717, 1.165) is 37.8 Å². The summed E-state index contributed by atoms with van der Waals surface area (Å²) in [6.45, 7) is 1.04. The van der Waals surface area contributed by atoms with Crippen LogP contribution in [0.25, 0.3) is 0 Å². The lowest BCUT2D eigenvalue weighted by molar-refractivity contribution is 0.0930. The van der Waals surface area contributed by atoms with Crippen LogP contribution in [0.2, 0.25) is 0 Å². The van der Waals surface area contributed by atoms with E-state index in [4.69, 9.17) is 0 Å². The van der Waals surface area contributed by atoms with Gasteiger partial charge in [-0.2, -0.15) is 0 Å². The minimum atomic E-state index is 0.106. The minimum Gasteiger partial charge on any atom is -0.385 e. The van der Waals surface area contributed by atoms with E-state index in [1.54, 1.807) is 0 Å². The zero-order chi connectivity index (χ0) is 14.5. The Hall–Kier alpha value is -1.51. The fraction of sp³-hybridized carbons (Fsp3) is 0.611. The van der Waals surface area contributed by atoms with Gasteiger partial charge in [0.05, 0.1) is 0 Å². The van der Waals surface area contributed by atoms with Gasteiger partial charge in [0.1, 0.15) is 0 Å². The minimum absolute atomic E-state index is 0.106. The second-order valence-corrected chi connectivity index (χ2v) is 6.42. The third-order valence-corrected chi connectivity index (χ3v) is 4.75. The highest BCUT2D eigenvalue weighted by Gasteiger charge is 2.17. The Bertz CT molecular complexity index is 490. The van der Waals surface area contributed by atoms with Crippen molar-refractivity contribution < 1.29 is 4.79 Å². The molecule has 1 aliphatic carbocycles. The predicted molar refractivity (Wildman–Crippen MR) is 86.8 cm³/mol. The zero-order valence-electron chi connectivity index (χ0n) is 12.8. The fourth-order valence-corrected chi connectivity index (χ4v) is 3.49. The van der Waals surface area contributed by atoms with E-state index in [-0.39, 0.29) is 5.91 Å². The van der Waals surface area contributed by atoms with Crippen LogP contribution in [0.4, 0.5) is 5.69 Å². The molecule has 114 valence electrons. The smallest absolute Gasteiger partial charge is 0.251 e. The quantitative estimate of drug-likeness (QED) is 0.866. The van der Waals surface area contributed by atoms with Crippen molar-refractivity contribution >= 4 is 11.6 Å². The number of anilines is 1. The highest BCUT2D eigenvalue weighted by Crippen LogP contribution is 2.23.